The van der Waals surface area contributed by atoms with Gasteiger partial charge in [-0.15, -0.1) is 0 Å². The molecule has 1 aliphatic heterocycles. The van der Waals surface area contributed by atoms with E-state index in [0.717, 1.165) is 16.9 Å². The lowest BCUT2D eigenvalue weighted by Crippen LogP contribution is -2.27. The Morgan fingerprint density at radius 1 is 1.52 bits per heavy atom. The first-order chi connectivity index (χ1) is 12.0. The second-order valence-electron chi connectivity index (χ2n) is 5.89. The standard InChI is InChI=1S/C19H21ClN2O3/c1-13(2)24-7-3-6-22-19(23)16(11-21)9-14-8-15-10-17(20)4-5-18(15)25-12-14/h4-5,8-10,13H,3,6-7,12H2,1-2H3,(H,22,23). The lowest BCUT2D eigenvalue weighted by Gasteiger charge is -2.16. The van der Waals surface area contributed by atoms with Crippen molar-refractivity contribution in [3.8, 4) is 11.8 Å². The lowest BCUT2D eigenvalue weighted by atomic mass is 10.1. The molecule has 132 valence electrons. The van der Waals surface area contributed by atoms with Gasteiger partial charge in [-0.1, -0.05) is 11.6 Å². The van der Waals surface area contributed by atoms with Gasteiger partial charge in [0.25, 0.3) is 5.91 Å². The van der Waals surface area contributed by atoms with Crippen molar-refractivity contribution in [2.75, 3.05) is 19.8 Å². The van der Waals surface area contributed by atoms with E-state index in [1.165, 1.54) is 0 Å². The van der Waals surface area contributed by atoms with Crippen molar-refractivity contribution in [2.45, 2.75) is 26.4 Å². The van der Waals surface area contributed by atoms with E-state index in [0.29, 0.717) is 31.2 Å². The Balaban J connectivity index is 1.98. The highest BCUT2D eigenvalue weighted by Gasteiger charge is 2.14. The summed E-state index contributed by atoms with van der Waals surface area (Å²) < 4.78 is 11.0. The normalized spacial score (nSPS) is 13.6. The molecule has 0 fully saturated rings. The fourth-order valence-corrected chi connectivity index (χ4v) is 2.45. The molecule has 0 radical (unpaired) electrons. The maximum Gasteiger partial charge on any atom is 0.261 e. The molecule has 1 heterocycles. The second-order valence-corrected chi connectivity index (χ2v) is 6.33. The summed E-state index contributed by atoms with van der Waals surface area (Å²) in [5.74, 6) is 0.333. The van der Waals surface area contributed by atoms with Gasteiger partial charge < -0.3 is 14.8 Å². The Kier molecular flexibility index (Phi) is 7.05. The summed E-state index contributed by atoms with van der Waals surface area (Å²) in [6.45, 7) is 5.24. The van der Waals surface area contributed by atoms with Gasteiger partial charge in [0.15, 0.2) is 0 Å². The van der Waals surface area contributed by atoms with Gasteiger partial charge in [-0.2, -0.15) is 5.26 Å². The molecule has 1 aromatic carbocycles. The smallest absolute Gasteiger partial charge is 0.261 e. The first-order valence-corrected chi connectivity index (χ1v) is 8.52. The number of fused-ring (bicyclic) bond motifs is 1. The van der Waals surface area contributed by atoms with Gasteiger partial charge in [-0.3, -0.25) is 4.79 Å². The summed E-state index contributed by atoms with van der Waals surface area (Å²) in [5, 5.41) is 12.6. The van der Waals surface area contributed by atoms with E-state index in [1.807, 2.05) is 26.0 Å². The molecule has 25 heavy (non-hydrogen) atoms. The van der Waals surface area contributed by atoms with E-state index in [-0.39, 0.29) is 11.7 Å². The molecule has 1 N–H and O–H groups in total. The minimum Gasteiger partial charge on any atom is -0.488 e. The van der Waals surface area contributed by atoms with Crippen LogP contribution in [-0.2, 0) is 9.53 Å². The molecular formula is C19H21ClN2O3. The Bertz CT molecular complexity index is 733. The highest BCUT2D eigenvalue weighted by molar-refractivity contribution is 6.30. The van der Waals surface area contributed by atoms with E-state index >= 15 is 0 Å². The number of hydrogen-bond acceptors (Lipinski definition) is 4. The van der Waals surface area contributed by atoms with Crippen LogP contribution in [0.3, 0.4) is 0 Å². The third-order valence-electron chi connectivity index (χ3n) is 3.46. The Morgan fingerprint density at radius 2 is 2.32 bits per heavy atom. The number of rotatable bonds is 7. The molecule has 5 nitrogen and oxygen atoms in total. The van der Waals surface area contributed by atoms with Crippen LogP contribution in [0.4, 0.5) is 0 Å². The average Bonchev–Trinajstić information content (AvgIpc) is 2.58. The fraction of sp³-hybridized carbons (Fsp3) is 0.368. The zero-order valence-electron chi connectivity index (χ0n) is 14.3. The molecule has 1 aliphatic rings. The number of nitrogens with one attached hydrogen (secondary N) is 1. The fourth-order valence-electron chi connectivity index (χ4n) is 2.27. The second kappa shape index (κ2) is 9.26. The molecule has 0 unspecified atom stereocenters. The zero-order chi connectivity index (χ0) is 18.2. The van der Waals surface area contributed by atoms with Gasteiger partial charge >= 0.3 is 0 Å². The molecule has 2 rings (SSSR count). The van der Waals surface area contributed by atoms with E-state index in [9.17, 15) is 10.1 Å². The number of amides is 1. The van der Waals surface area contributed by atoms with Crippen molar-refractivity contribution in [3.63, 3.8) is 0 Å². The molecule has 0 atom stereocenters. The minimum atomic E-state index is -0.398. The first-order valence-electron chi connectivity index (χ1n) is 8.14. The third-order valence-corrected chi connectivity index (χ3v) is 3.69. The van der Waals surface area contributed by atoms with E-state index in [1.54, 1.807) is 24.3 Å². The van der Waals surface area contributed by atoms with Gasteiger partial charge in [0, 0.05) is 23.7 Å². The van der Waals surface area contributed by atoms with Crippen molar-refractivity contribution in [3.05, 3.63) is 46.0 Å². The predicted octanol–water partition coefficient (Wildman–Crippen LogP) is 3.50. The Labute approximate surface area is 152 Å². The number of benzene rings is 1. The van der Waals surface area contributed by atoms with Gasteiger partial charge in [-0.05, 0) is 56.2 Å². The number of nitriles is 1. The number of carbonyl (C=O) groups excluding carboxylic acids is 1. The van der Waals surface area contributed by atoms with Crippen LogP contribution in [0.15, 0.2) is 35.4 Å². The summed E-state index contributed by atoms with van der Waals surface area (Å²) in [7, 11) is 0. The number of ether oxygens (including phenoxy) is 2. The monoisotopic (exact) mass is 360 g/mol. The van der Waals surface area contributed by atoms with E-state index < -0.39 is 5.91 Å². The molecule has 1 aromatic rings. The molecule has 0 bridgehead atoms. The summed E-state index contributed by atoms with van der Waals surface area (Å²) in [6.07, 6.45) is 4.27. The van der Waals surface area contributed by atoms with Crippen LogP contribution in [0.2, 0.25) is 5.02 Å². The molecular weight excluding hydrogens is 340 g/mol. The van der Waals surface area contributed by atoms with Crippen LogP contribution in [0.25, 0.3) is 6.08 Å². The summed E-state index contributed by atoms with van der Waals surface area (Å²) >= 11 is 5.98. The maximum atomic E-state index is 12.1. The molecule has 1 amide bonds. The van der Waals surface area contributed by atoms with Crippen LogP contribution in [0.5, 0.6) is 5.75 Å². The van der Waals surface area contributed by atoms with Crippen LogP contribution in [0, 0.1) is 11.3 Å². The molecule has 0 spiro atoms. The predicted molar refractivity (Wildman–Crippen MR) is 97.3 cm³/mol. The molecule has 6 heteroatoms. The number of hydrogen-bond donors (Lipinski definition) is 1. The van der Waals surface area contributed by atoms with Crippen molar-refractivity contribution < 1.29 is 14.3 Å². The van der Waals surface area contributed by atoms with Crippen molar-refractivity contribution in [1.82, 2.24) is 5.32 Å². The number of halogens is 1. The number of carbonyl (C=O) groups is 1. The van der Waals surface area contributed by atoms with Crippen molar-refractivity contribution in [2.24, 2.45) is 0 Å². The van der Waals surface area contributed by atoms with Crippen LogP contribution in [0.1, 0.15) is 25.8 Å². The van der Waals surface area contributed by atoms with Crippen LogP contribution in [-0.4, -0.2) is 31.8 Å². The highest BCUT2D eigenvalue weighted by Crippen LogP contribution is 2.29. The zero-order valence-corrected chi connectivity index (χ0v) is 15.1. The Morgan fingerprint density at radius 3 is 3.04 bits per heavy atom. The minimum absolute atomic E-state index is 0.0464. The summed E-state index contributed by atoms with van der Waals surface area (Å²) in [5.41, 5.74) is 1.61. The average molecular weight is 361 g/mol. The third kappa shape index (κ3) is 5.93. The largest absolute Gasteiger partial charge is 0.488 e. The van der Waals surface area contributed by atoms with Crippen molar-refractivity contribution >= 4 is 23.6 Å². The molecule has 0 aliphatic carbocycles. The van der Waals surface area contributed by atoms with Gasteiger partial charge in [0.05, 0.1) is 6.10 Å². The summed E-state index contributed by atoms with van der Waals surface area (Å²) in [6, 6.07) is 7.28. The van der Waals surface area contributed by atoms with E-state index in [2.05, 4.69) is 5.32 Å². The quantitative estimate of drug-likeness (QED) is 0.459. The summed E-state index contributed by atoms with van der Waals surface area (Å²) in [4.78, 5) is 12.1. The first kappa shape index (κ1) is 19.0. The Hall–Kier alpha value is -2.29. The molecule has 0 aromatic heterocycles. The van der Waals surface area contributed by atoms with Gasteiger partial charge in [0.2, 0.25) is 0 Å². The molecule has 0 saturated carbocycles. The van der Waals surface area contributed by atoms with Crippen LogP contribution < -0.4 is 10.1 Å². The molecule has 0 saturated heterocycles. The number of nitrogens with zero attached hydrogens (tertiary/aromatic N) is 1. The lowest BCUT2D eigenvalue weighted by molar-refractivity contribution is -0.117. The SMILES string of the molecule is CC(C)OCCCNC(=O)C(C#N)=CC1=Cc2cc(Cl)ccc2OC1. The maximum absolute atomic E-state index is 12.1. The topological polar surface area (TPSA) is 71.3 Å². The highest BCUT2D eigenvalue weighted by atomic mass is 35.5. The van der Waals surface area contributed by atoms with Crippen LogP contribution >= 0.6 is 11.6 Å². The van der Waals surface area contributed by atoms with Crippen molar-refractivity contribution in [1.29, 1.82) is 5.26 Å². The van der Waals surface area contributed by atoms with Gasteiger partial charge in [-0.25, -0.2) is 0 Å². The van der Waals surface area contributed by atoms with Gasteiger partial charge in [0.1, 0.15) is 24.0 Å². The van der Waals surface area contributed by atoms with E-state index in [4.69, 9.17) is 21.1 Å².